The molecule has 2 aliphatic rings. The highest BCUT2D eigenvalue weighted by Crippen LogP contribution is 2.48. The summed E-state index contributed by atoms with van der Waals surface area (Å²) in [5.74, 6) is -3.36. The lowest BCUT2D eigenvalue weighted by atomic mass is 10.0. The first-order valence-corrected chi connectivity index (χ1v) is 5.74. The monoisotopic (exact) mass is 279 g/mol. The first kappa shape index (κ1) is 12.6. The van der Waals surface area contributed by atoms with E-state index < -0.39 is 29.3 Å². The predicted octanol–water partition coefficient (Wildman–Crippen LogP) is 1.98. The van der Waals surface area contributed by atoms with E-state index >= 15 is 0 Å². The molecule has 0 bridgehead atoms. The highest BCUT2D eigenvalue weighted by Gasteiger charge is 2.55. The average molecular weight is 279 g/mol. The van der Waals surface area contributed by atoms with Crippen LogP contribution in [-0.4, -0.2) is 30.7 Å². The van der Waals surface area contributed by atoms with Gasteiger partial charge in [-0.2, -0.15) is 22.0 Å². The summed E-state index contributed by atoms with van der Waals surface area (Å²) in [5, 5.41) is 2.82. The zero-order valence-corrected chi connectivity index (χ0v) is 9.64. The maximum absolute atomic E-state index is 14.2. The summed E-state index contributed by atoms with van der Waals surface area (Å²) >= 11 is 0. The lowest BCUT2D eigenvalue weighted by molar-refractivity contribution is -0.138. The number of hydrogen-bond acceptors (Lipinski definition) is 3. The summed E-state index contributed by atoms with van der Waals surface area (Å²) in [7, 11) is 0. The van der Waals surface area contributed by atoms with Crippen LogP contribution in [0.3, 0.4) is 0 Å². The summed E-state index contributed by atoms with van der Waals surface area (Å²) in [6.45, 7) is 0.852. The summed E-state index contributed by atoms with van der Waals surface area (Å²) in [5.41, 5.74) is -1.77. The molecule has 3 heterocycles. The summed E-state index contributed by atoms with van der Waals surface area (Å²) in [6, 6.07) is -0.645. The van der Waals surface area contributed by atoms with Crippen molar-refractivity contribution >= 4 is 5.82 Å². The number of piperazine rings is 1. The molecule has 0 unspecified atom stereocenters. The Morgan fingerprint density at radius 3 is 2.79 bits per heavy atom. The third-order valence-corrected chi connectivity index (χ3v) is 3.49. The summed E-state index contributed by atoms with van der Waals surface area (Å²) < 4.78 is 66.0. The molecule has 1 fully saturated rings. The highest BCUT2D eigenvalue weighted by molar-refractivity contribution is 5.59. The Morgan fingerprint density at radius 2 is 2.11 bits per heavy atom. The van der Waals surface area contributed by atoms with Crippen molar-refractivity contribution in [3.05, 3.63) is 23.4 Å². The SMILES string of the molecule is FC(F)(F)c1cnc2c(c1)C(F)(F)[C@@H]1CNCCN21. The fourth-order valence-electron chi connectivity index (χ4n) is 2.55. The topological polar surface area (TPSA) is 28.2 Å². The van der Waals surface area contributed by atoms with Crippen LogP contribution < -0.4 is 10.2 Å². The van der Waals surface area contributed by atoms with Crippen molar-refractivity contribution in [1.82, 2.24) is 10.3 Å². The summed E-state index contributed by atoms with van der Waals surface area (Å²) in [4.78, 5) is 4.98. The van der Waals surface area contributed by atoms with Gasteiger partial charge in [-0.25, -0.2) is 4.98 Å². The fraction of sp³-hybridized carbons (Fsp3) is 0.545. The minimum Gasteiger partial charge on any atom is -0.344 e. The van der Waals surface area contributed by atoms with E-state index in [1.54, 1.807) is 0 Å². The molecule has 8 heteroatoms. The molecule has 0 radical (unpaired) electrons. The largest absolute Gasteiger partial charge is 0.417 e. The van der Waals surface area contributed by atoms with Crippen LogP contribution in [0.2, 0.25) is 0 Å². The number of hydrogen-bond donors (Lipinski definition) is 1. The van der Waals surface area contributed by atoms with Gasteiger partial charge < -0.3 is 10.2 Å². The van der Waals surface area contributed by atoms with Gasteiger partial charge in [0, 0.05) is 25.8 Å². The highest BCUT2D eigenvalue weighted by atomic mass is 19.4. The molecule has 3 rings (SSSR count). The normalized spacial score (nSPS) is 25.1. The fourth-order valence-corrected chi connectivity index (χ4v) is 2.55. The zero-order chi connectivity index (χ0) is 13.8. The van der Waals surface area contributed by atoms with Gasteiger partial charge in [0.15, 0.2) is 0 Å². The van der Waals surface area contributed by atoms with Gasteiger partial charge in [0.1, 0.15) is 11.9 Å². The van der Waals surface area contributed by atoms with Crippen molar-refractivity contribution < 1.29 is 22.0 Å². The Labute approximate surface area is 105 Å². The first-order valence-electron chi connectivity index (χ1n) is 5.74. The Hall–Kier alpha value is -1.44. The van der Waals surface area contributed by atoms with E-state index in [0.717, 1.165) is 0 Å². The van der Waals surface area contributed by atoms with E-state index in [-0.39, 0.29) is 12.4 Å². The summed E-state index contributed by atoms with van der Waals surface area (Å²) in [6.07, 6.45) is -4.06. The quantitative estimate of drug-likeness (QED) is 0.736. The van der Waals surface area contributed by atoms with Crippen LogP contribution in [0.15, 0.2) is 12.3 Å². The van der Waals surface area contributed by atoms with Crippen LogP contribution in [0.4, 0.5) is 27.8 Å². The molecular weight excluding hydrogens is 269 g/mol. The molecule has 104 valence electrons. The van der Waals surface area contributed by atoms with E-state index in [2.05, 4.69) is 10.3 Å². The van der Waals surface area contributed by atoms with E-state index in [9.17, 15) is 22.0 Å². The van der Waals surface area contributed by atoms with Crippen molar-refractivity contribution in [2.75, 3.05) is 24.5 Å². The number of halogens is 5. The average Bonchev–Trinajstić information content (AvgIpc) is 2.58. The maximum Gasteiger partial charge on any atom is 0.417 e. The third kappa shape index (κ3) is 1.77. The third-order valence-electron chi connectivity index (χ3n) is 3.49. The van der Waals surface area contributed by atoms with E-state index in [1.165, 1.54) is 4.90 Å². The van der Waals surface area contributed by atoms with Crippen molar-refractivity contribution in [1.29, 1.82) is 0 Å². The molecule has 19 heavy (non-hydrogen) atoms. The predicted molar refractivity (Wildman–Crippen MR) is 57.1 cm³/mol. The Kier molecular flexibility index (Phi) is 2.51. The van der Waals surface area contributed by atoms with Crippen LogP contribution >= 0.6 is 0 Å². The van der Waals surface area contributed by atoms with E-state index in [4.69, 9.17) is 0 Å². The molecule has 0 spiro atoms. The van der Waals surface area contributed by atoms with Crippen molar-refractivity contribution in [2.45, 2.75) is 18.1 Å². The molecule has 1 N–H and O–H groups in total. The number of nitrogens with zero attached hydrogens (tertiary/aromatic N) is 2. The van der Waals surface area contributed by atoms with Gasteiger partial charge in [0.05, 0.1) is 11.1 Å². The van der Waals surface area contributed by atoms with Crippen LogP contribution in [0, 0.1) is 0 Å². The number of alkyl halides is 5. The van der Waals surface area contributed by atoms with Crippen molar-refractivity contribution in [3.8, 4) is 0 Å². The molecule has 0 aliphatic carbocycles. The molecule has 0 amide bonds. The second kappa shape index (κ2) is 3.78. The number of anilines is 1. The number of rotatable bonds is 0. The zero-order valence-electron chi connectivity index (χ0n) is 9.64. The molecule has 1 atom stereocenters. The van der Waals surface area contributed by atoms with Gasteiger partial charge in [-0.3, -0.25) is 0 Å². The molecule has 1 aromatic heterocycles. The number of nitrogens with one attached hydrogen (secondary N) is 1. The lowest BCUT2D eigenvalue weighted by Gasteiger charge is -2.33. The van der Waals surface area contributed by atoms with Gasteiger partial charge in [-0.1, -0.05) is 0 Å². The standard InChI is InChI=1S/C11H10F5N3/c12-10(13)7-3-6(11(14,15)16)4-18-9(7)19-2-1-17-5-8(10)19/h3-4,8,17H,1-2,5H2/t8-/m0/s1. The molecule has 1 saturated heterocycles. The van der Waals surface area contributed by atoms with E-state index in [0.29, 0.717) is 25.4 Å². The first-order chi connectivity index (χ1) is 8.82. The van der Waals surface area contributed by atoms with Crippen LogP contribution in [0.5, 0.6) is 0 Å². The second-order valence-corrected chi connectivity index (χ2v) is 4.63. The number of aromatic nitrogens is 1. The minimum atomic E-state index is -4.67. The van der Waals surface area contributed by atoms with Crippen molar-refractivity contribution in [3.63, 3.8) is 0 Å². The molecule has 2 aliphatic heterocycles. The van der Waals surface area contributed by atoms with Crippen LogP contribution in [0.1, 0.15) is 11.1 Å². The number of pyridine rings is 1. The number of fused-ring (bicyclic) bond motifs is 3. The Morgan fingerprint density at radius 1 is 1.37 bits per heavy atom. The minimum absolute atomic E-state index is 0.0325. The smallest absolute Gasteiger partial charge is 0.344 e. The van der Waals surface area contributed by atoms with Gasteiger partial charge in [-0.05, 0) is 6.07 Å². The van der Waals surface area contributed by atoms with Gasteiger partial charge >= 0.3 is 6.18 Å². The molecule has 1 aromatic rings. The van der Waals surface area contributed by atoms with E-state index in [1.807, 2.05) is 0 Å². The van der Waals surface area contributed by atoms with Gasteiger partial charge in [0.2, 0.25) is 0 Å². The second-order valence-electron chi connectivity index (χ2n) is 4.63. The molecule has 3 nitrogen and oxygen atoms in total. The Bertz CT molecular complexity index is 514. The Balaban J connectivity index is 2.11. The van der Waals surface area contributed by atoms with Gasteiger partial charge in [-0.15, -0.1) is 0 Å². The molecule has 0 saturated carbocycles. The van der Waals surface area contributed by atoms with Crippen LogP contribution in [0.25, 0.3) is 0 Å². The maximum atomic E-state index is 14.2. The van der Waals surface area contributed by atoms with Crippen molar-refractivity contribution in [2.24, 2.45) is 0 Å². The lowest BCUT2D eigenvalue weighted by Crippen LogP contribution is -2.54. The van der Waals surface area contributed by atoms with Crippen LogP contribution in [-0.2, 0) is 12.1 Å². The molecule has 0 aromatic carbocycles. The molecular formula is C11H10F5N3. The van der Waals surface area contributed by atoms with Gasteiger partial charge in [0.25, 0.3) is 5.92 Å².